The van der Waals surface area contributed by atoms with Crippen molar-refractivity contribution in [1.82, 2.24) is 10.2 Å². The lowest BCUT2D eigenvalue weighted by molar-refractivity contribution is -0.135. The number of amides is 1. The van der Waals surface area contributed by atoms with E-state index in [1.807, 2.05) is 4.90 Å². The first-order valence-corrected chi connectivity index (χ1v) is 6.32. The van der Waals surface area contributed by atoms with E-state index < -0.39 is 0 Å². The second-order valence-electron chi connectivity index (χ2n) is 4.90. The van der Waals surface area contributed by atoms with Crippen LogP contribution in [-0.2, 0) is 9.53 Å². The molecule has 0 aromatic heterocycles. The minimum atomic E-state index is 0.0845. The molecule has 2 atom stereocenters. The van der Waals surface area contributed by atoms with Gasteiger partial charge in [0.05, 0.1) is 12.6 Å². The van der Waals surface area contributed by atoms with Crippen LogP contribution in [0.2, 0.25) is 0 Å². The zero-order chi connectivity index (χ0) is 11.4. The number of rotatable bonds is 3. The van der Waals surface area contributed by atoms with Crippen LogP contribution >= 0.6 is 0 Å². The van der Waals surface area contributed by atoms with Gasteiger partial charge in [-0.05, 0) is 38.1 Å². The lowest BCUT2D eigenvalue weighted by Crippen LogP contribution is -2.48. The molecule has 0 aliphatic carbocycles. The van der Waals surface area contributed by atoms with Crippen LogP contribution in [0.1, 0.15) is 25.7 Å². The molecular weight excluding hydrogens is 204 g/mol. The second-order valence-corrected chi connectivity index (χ2v) is 4.90. The van der Waals surface area contributed by atoms with Crippen LogP contribution in [0.15, 0.2) is 0 Å². The lowest BCUT2D eigenvalue weighted by Gasteiger charge is -2.34. The van der Waals surface area contributed by atoms with Crippen molar-refractivity contribution < 1.29 is 9.53 Å². The van der Waals surface area contributed by atoms with Gasteiger partial charge in [-0.15, -0.1) is 0 Å². The molecule has 4 nitrogen and oxygen atoms in total. The third-order valence-electron chi connectivity index (χ3n) is 3.59. The van der Waals surface area contributed by atoms with Crippen molar-refractivity contribution in [3.05, 3.63) is 0 Å². The molecule has 1 amide bonds. The van der Waals surface area contributed by atoms with Crippen LogP contribution in [0, 0.1) is 5.92 Å². The smallest absolute Gasteiger partial charge is 0.239 e. The summed E-state index contributed by atoms with van der Waals surface area (Å²) in [5, 5.41) is 3.28. The van der Waals surface area contributed by atoms with Crippen LogP contribution in [0.4, 0.5) is 0 Å². The van der Waals surface area contributed by atoms with E-state index in [0.29, 0.717) is 11.8 Å². The first kappa shape index (κ1) is 11.9. The number of hydrogen-bond donors (Lipinski definition) is 1. The fourth-order valence-electron chi connectivity index (χ4n) is 2.75. The number of carbonyl (C=O) groups excluding carboxylic acids is 1. The quantitative estimate of drug-likeness (QED) is 0.767. The summed E-state index contributed by atoms with van der Waals surface area (Å²) < 4.78 is 5.18. The number of ether oxygens (including phenoxy) is 1. The summed E-state index contributed by atoms with van der Waals surface area (Å²) in [6.45, 7) is 3.58. The van der Waals surface area contributed by atoms with Crippen molar-refractivity contribution in [3.63, 3.8) is 0 Å². The Bertz CT molecular complexity index is 237. The second kappa shape index (κ2) is 5.64. The normalized spacial score (nSPS) is 30.7. The molecule has 4 heteroatoms. The van der Waals surface area contributed by atoms with E-state index in [1.165, 1.54) is 6.42 Å². The molecule has 16 heavy (non-hydrogen) atoms. The fraction of sp³-hybridized carbons (Fsp3) is 0.917. The van der Waals surface area contributed by atoms with Gasteiger partial charge >= 0.3 is 0 Å². The highest BCUT2D eigenvalue weighted by atomic mass is 16.5. The predicted molar refractivity (Wildman–Crippen MR) is 62.2 cm³/mol. The van der Waals surface area contributed by atoms with Gasteiger partial charge in [-0.1, -0.05) is 0 Å². The van der Waals surface area contributed by atoms with E-state index in [0.717, 1.165) is 45.5 Å². The number of nitrogens with one attached hydrogen (secondary N) is 1. The molecule has 2 fully saturated rings. The summed E-state index contributed by atoms with van der Waals surface area (Å²) in [4.78, 5) is 14.2. The van der Waals surface area contributed by atoms with Crippen LogP contribution in [0.5, 0.6) is 0 Å². The van der Waals surface area contributed by atoms with Crippen LogP contribution in [0.25, 0.3) is 0 Å². The Labute approximate surface area is 97.3 Å². The van der Waals surface area contributed by atoms with Gasteiger partial charge in [-0.2, -0.15) is 0 Å². The Kier molecular flexibility index (Phi) is 4.18. The molecule has 0 unspecified atom stereocenters. The van der Waals surface area contributed by atoms with Crippen molar-refractivity contribution in [1.29, 1.82) is 0 Å². The SMILES string of the molecule is COC[C@@H]1CCCN(C(=O)[C@H]2CCCN2)C1. The molecule has 0 aromatic rings. The summed E-state index contributed by atoms with van der Waals surface area (Å²) in [6.07, 6.45) is 4.44. The topological polar surface area (TPSA) is 41.6 Å². The molecule has 1 N–H and O–H groups in total. The van der Waals surface area contributed by atoms with Gasteiger partial charge in [0.15, 0.2) is 0 Å². The number of carbonyl (C=O) groups is 1. The van der Waals surface area contributed by atoms with Crippen molar-refractivity contribution in [2.24, 2.45) is 5.92 Å². The molecule has 0 aromatic carbocycles. The van der Waals surface area contributed by atoms with Gasteiger partial charge in [0, 0.05) is 20.2 Å². The number of piperidine rings is 1. The Hall–Kier alpha value is -0.610. The van der Waals surface area contributed by atoms with Crippen molar-refractivity contribution in [2.45, 2.75) is 31.7 Å². The molecule has 2 rings (SSSR count). The molecule has 2 saturated heterocycles. The van der Waals surface area contributed by atoms with Crippen molar-refractivity contribution in [3.8, 4) is 0 Å². The Morgan fingerprint density at radius 2 is 2.31 bits per heavy atom. The lowest BCUT2D eigenvalue weighted by atomic mass is 9.98. The van der Waals surface area contributed by atoms with Crippen LogP contribution < -0.4 is 5.32 Å². The van der Waals surface area contributed by atoms with E-state index in [-0.39, 0.29) is 6.04 Å². The van der Waals surface area contributed by atoms with Gasteiger partial charge in [0.2, 0.25) is 5.91 Å². The van der Waals surface area contributed by atoms with Crippen molar-refractivity contribution in [2.75, 3.05) is 33.4 Å². The molecule has 2 aliphatic heterocycles. The maximum absolute atomic E-state index is 12.2. The molecule has 2 heterocycles. The minimum Gasteiger partial charge on any atom is -0.384 e. The van der Waals surface area contributed by atoms with Crippen LogP contribution in [0.3, 0.4) is 0 Å². The monoisotopic (exact) mass is 226 g/mol. The standard InChI is InChI=1S/C12H22N2O2/c1-16-9-10-4-3-7-14(8-10)12(15)11-5-2-6-13-11/h10-11,13H,2-9H2,1H3/t10-,11-/m1/s1. The van der Waals surface area contributed by atoms with Gasteiger partial charge in [0.25, 0.3) is 0 Å². The summed E-state index contributed by atoms with van der Waals surface area (Å²) in [6, 6.07) is 0.0845. The third kappa shape index (κ3) is 2.74. The zero-order valence-corrected chi connectivity index (χ0v) is 10.1. The highest BCUT2D eigenvalue weighted by Crippen LogP contribution is 2.19. The average molecular weight is 226 g/mol. The van der Waals surface area contributed by atoms with E-state index in [1.54, 1.807) is 7.11 Å². The van der Waals surface area contributed by atoms with E-state index in [2.05, 4.69) is 5.32 Å². The maximum atomic E-state index is 12.2. The Morgan fingerprint density at radius 3 is 3.00 bits per heavy atom. The molecule has 0 bridgehead atoms. The highest BCUT2D eigenvalue weighted by molar-refractivity contribution is 5.82. The number of hydrogen-bond acceptors (Lipinski definition) is 3. The number of methoxy groups -OCH3 is 1. The largest absolute Gasteiger partial charge is 0.384 e. The van der Waals surface area contributed by atoms with E-state index >= 15 is 0 Å². The first-order chi connectivity index (χ1) is 7.81. The van der Waals surface area contributed by atoms with Gasteiger partial charge in [-0.3, -0.25) is 4.79 Å². The summed E-state index contributed by atoms with van der Waals surface area (Å²) >= 11 is 0. The maximum Gasteiger partial charge on any atom is 0.239 e. The molecular formula is C12H22N2O2. The highest BCUT2D eigenvalue weighted by Gasteiger charge is 2.30. The Morgan fingerprint density at radius 1 is 1.44 bits per heavy atom. The first-order valence-electron chi connectivity index (χ1n) is 6.32. The Balaban J connectivity index is 1.85. The molecule has 0 spiro atoms. The molecule has 0 radical (unpaired) electrons. The average Bonchev–Trinajstić information content (AvgIpc) is 2.82. The fourth-order valence-corrected chi connectivity index (χ4v) is 2.75. The molecule has 2 aliphatic rings. The number of nitrogens with zero attached hydrogens (tertiary/aromatic N) is 1. The van der Waals surface area contributed by atoms with Crippen molar-refractivity contribution >= 4 is 5.91 Å². The molecule has 92 valence electrons. The third-order valence-corrected chi connectivity index (χ3v) is 3.59. The summed E-state index contributed by atoms with van der Waals surface area (Å²) in [7, 11) is 1.74. The van der Waals surface area contributed by atoms with Crippen LogP contribution in [-0.4, -0.2) is 50.2 Å². The van der Waals surface area contributed by atoms with E-state index in [4.69, 9.17) is 4.74 Å². The van der Waals surface area contributed by atoms with Gasteiger partial charge in [0.1, 0.15) is 0 Å². The minimum absolute atomic E-state index is 0.0845. The van der Waals surface area contributed by atoms with Gasteiger partial charge < -0.3 is 15.0 Å². The predicted octanol–water partition coefficient (Wildman–Crippen LogP) is 0.623. The zero-order valence-electron chi connectivity index (χ0n) is 10.1. The number of likely N-dealkylation sites (tertiary alicyclic amines) is 1. The summed E-state index contributed by atoms with van der Waals surface area (Å²) in [5.41, 5.74) is 0. The van der Waals surface area contributed by atoms with Gasteiger partial charge in [-0.25, -0.2) is 0 Å². The summed E-state index contributed by atoms with van der Waals surface area (Å²) in [5.74, 6) is 0.836. The van der Waals surface area contributed by atoms with E-state index in [9.17, 15) is 4.79 Å². The molecule has 0 saturated carbocycles.